The van der Waals surface area contributed by atoms with E-state index in [0.29, 0.717) is 22.7 Å². The van der Waals surface area contributed by atoms with Crippen molar-refractivity contribution in [3.8, 4) is 11.5 Å². The summed E-state index contributed by atoms with van der Waals surface area (Å²) in [5.41, 5.74) is 2.64. The molecule has 0 spiro atoms. The van der Waals surface area contributed by atoms with Gasteiger partial charge in [0.05, 0.1) is 18.4 Å². The number of hydrogen-bond donors (Lipinski definition) is 2. The fraction of sp³-hybridized carbons (Fsp3) is 0.143. The molecule has 0 radical (unpaired) electrons. The number of carboxylic acid groups (broad SMARTS) is 1. The molecule has 0 bridgehead atoms. The van der Waals surface area contributed by atoms with E-state index in [1.165, 1.54) is 25.3 Å². The van der Waals surface area contributed by atoms with Crippen molar-refractivity contribution in [2.75, 3.05) is 12.0 Å². The molecule has 1 saturated heterocycles. The number of barbiturate groups is 1. The van der Waals surface area contributed by atoms with Gasteiger partial charge in [-0.25, -0.2) is 14.5 Å². The topological polar surface area (TPSA) is 122 Å². The van der Waals surface area contributed by atoms with Gasteiger partial charge in [0.1, 0.15) is 12.2 Å². The highest BCUT2D eigenvalue weighted by Crippen LogP contribution is 2.30. The van der Waals surface area contributed by atoms with E-state index in [1.807, 2.05) is 19.1 Å². The summed E-state index contributed by atoms with van der Waals surface area (Å²) in [6, 6.07) is 17.3. The van der Waals surface area contributed by atoms with Gasteiger partial charge in [0.2, 0.25) is 0 Å². The van der Waals surface area contributed by atoms with Crippen molar-refractivity contribution in [1.29, 1.82) is 0 Å². The molecule has 0 aliphatic carbocycles. The van der Waals surface area contributed by atoms with Gasteiger partial charge in [-0.1, -0.05) is 37.3 Å². The van der Waals surface area contributed by atoms with Gasteiger partial charge in [0.15, 0.2) is 11.5 Å². The summed E-state index contributed by atoms with van der Waals surface area (Å²) in [5, 5.41) is 11.2. The van der Waals surface area contributed by atoms with Gasteiger partial charge < -0.3 is 14.6 Å². The van der Waals surface area contributed by atoms with Crippen LogP contribution in [0.2, 0.25) is 0 Å². The zero-order valence-corrected chi connectivity index (χ0v) is 20.2. The maximum atomic E-state index is 13.1. The van der Waals surface area contributed by atoms with E-state index in [2.05, 4.69) is 5.32 Å². The summed E-state index contributed by atoms with van der Waals surface area (Å²) in [5.74, 6) is -1.75. The Balaban J connectivity index is 1.55. The summed E-state index contributed by atoms with van der Waals surface area (Å²) in [6.07, 6.45) is 2.19. The van der Waals surface area contributed by atoms with E-state index in [0.717, 1.165) is 22.4 Å². The number of nitrogens with one attached hydrogen (secondary N) is 1. The van der Waals surface area contributed by atoms with Crippen molar-refractivity contribution in [1.82, 2.24) is 5.32 Å². The van der Waals surface area contributed by atoms with E-state index in [-0.39, 0.29) is 17.7 Å². The number of aromatic carboxylic acids is 1. The second-order valence-corrected chi connectivity index (χ2v) is 8.18. The molecular weight excluding hydrogens is 476 g/mol. The number of rotatable bonds is 8. The normalized spacial score (nSPS) is 14.5. The number of methoxy groups -OCH3 is 1. The first-order valence-corrected chi connectivity index (χ1v) is 11.4. The third kappa shape index (κ3) is 5.51. The number of carbonyl (C=O) groups excluding carboxylic acids is 3. The summed E-state index contributed by atoms with van der Waals surface area (Å²) >= 11 is 0. The highest BCUT2D eigenvalue weighted by molar-refractivity contribution is 6.39. The molecule has 1 aliphatic rings. The van der Waals surface area contributed by atoms with Gasteiger partial charge in [-0.2, -0.15) is 0 Å². The first-order valence-electron chi connectivity index (χ1n) is 11.4. The third-order valence-corrected chi connectivity index (χ3v) is 5.80. The highest BCUT2D eigenvalue weighted by Gasteiger charge is 2.36. The lowest BCUT2D eigenvalue weighted by molar-refractivity contribution is -0.122. The van der Waals surface area contributed by atoms with Crippen LogP contribution >= 0.6 is 0 Å². The molecule has 188 valence electrons. The Kier molecular flexibility index (Phi) is 7.34. The summed E-state index contributed by atoms with van der Waals surface area (Å²) < 4.78 is 11.2. The number of ether oxygens (including phenoxy) is 2. The average Bonchev–Trinajstić information content (AvgIpc) is 2.90. The van der Waals surface area contributed by atoms with Crippen LogP contribution in [0.4, 0.5) is 10.5 Å². The molecule has 1 heterocycles. The van der Waals surface area contributed by atoms with Gasteiger partial charge in [0, 0.05) is 0 Å². The number of nitrogens with zero attached hydrogens (tertiary/aromatic N) is 1. The van der Waals surface area contributed by atoms with Crippen LogP contribution in [-0.2, 0) is 22.6 Å². The van der Waals surface area contributed by atoms with E-state index in [9.17, 15) is 19.2 Å². The Bertz CT molecular complexity index is 1390. The van der Waals surface area contributed by atoms with E-state index in [4.69, 9.17) is 14.6 Å². The van der Waals surface area contributed by atoms with Crippen LogP contribution in [-0.4, -0.2) is 36.0 Å². The summed E-state index contributed by atoms with van der Waals surface area (Å²) in [4.78, 5) is 50.0. The molecule has 0 saturated carbocycles. The van der Waals surface area contributed by atoms with Crippen molar-refractivity contribution < 1.29 is 33.8 Å². The minimum atomic E-state index is -1.01. The second-order valence-electron chi connectivity index (χ2n) is 8.18. The molecular formula is C28H24N2O7. The Hall–Kier alpha value is -4.92. The number of anilines is 1. The molecule has 1 aliphatic heterocycles. The van der Waals surface area contributed by atoms with Crippen molar-refractivity contribution >= 4 is 35.6 Å². The fourth-order valence-electron chi connectivity index (χ4n) is 3.74. The van der Waals surface area contributed by atoms with E-state index in [1.54, 1.807) is 42.5 Å². The zero-order valence-electron chi connectivity index (χ0n) is 20.2. The minimum absolute atomic E-state index is 0.172. The smallest absolute Gasteiger partial charge is 0.335 e. The molecule has 4 amide bonds. The first-order chi connectivity index (χ1) is 17.8. The molecule has 3 aromatic carbocycles. The van der Waals surface area contributed by atoms with Gasteiger partial charge in [-0.15, -0.1) is 0 Å². The molecule has 9 heteroatoms. The quantitative estimate of drug-likeness (QED) is 0.351. The predicted molar refractivity (Wildman–Crippen MR) is 136 cm³/mol. The number of carboxylic acids is 1. The van der Waals surface area contributed by atoms with Crippen LogP contribution < -0.4 is 19.7 Å². The second kappa shape index (κ2) is 10.8. The van der Waals surface area contributed by atoms with Gasteiger partial charge in [-0.05, 0) is 65.6 Å². The highest BCUT2D eigenvalue weighted by atomic mass is 16.5. The maximum Gasteiger partial charge on any atom is 0.335 e. The summed E-state index contributed by atoms with van der Waals surface area (Å²) in [7, 11) is 1.46. The number of imide groups is 2. The SMILES string of the molecule is CCc1ccc(N2C(=O)NC(=O)/C(=C\c3ccc(OCc4ccc(C(=O)O)cc4)c(OC)c3)C2=O)cc1. The first kappa shape index (κ1) is 25.2. The predicted octanol–water partition coefficient (Wildman–Crippen LogP) is 4.20. The monoisotopic (exact) mass is 500 g/mol. The molecule has 4 rings (SSSR count). The number of aryl methyl sites for hydroxylation is 1. The van der Waals surface area contributed by atoms with Crippen molar-refractivity contribution in [3.63, 3.8) is 0 Å². The van der Waals surface area contributed by atoms with Crippen molar-refractivity contribution in [2.45, 2.75) is 20.0 Å². The number of amides is 4. The van der Waals surface area contributed by atoms with Gasteiger partial charge in [0.25, 0.3) is 11.8 Å². The molecule has 2 N–H and O–H groups in total. The lowest BCUT2D eigenvalue weighted by Crippen LogP contribution is -2.54. The standard InChI is InChI=1S/C28H24N2O7/c1-3-17-6-11-21(12-7-17)30-26(32)22(25(31)29-28(30)35)14-19-8-13-23(24(15-19)36-2)37-16-18-4-9-20(10-5-18)27(33)34/h4-15H,3,16H2,1-2H3,(H,33,34)(H,29,31,35)/b22-14+. The Morgan fingerprint density at radius 1 is 0.946 bits per heavy atom. The number of carbonyl (C=O) groups is 4. The van der Waals surface area contributed by atoms with Gasteiger partial charge >= 0.3 is 12.0 Å². The Morgan fingerprint density at radius 3 is 2.24 bits per heavy atom. The van der Waals surface area contributed by atoms with Crippen LogP contribution in [0.3, 0.4) is 0 Å². The fourth-order valence-corrected chi connectivity index (χ4v) is 3.74. The molecule has 0 atom stereocenters. The van der Waals surface area contributed by atoms with Crippen LogP contribution in [0.15, 0.2) is 72.3 Å². The minimum Gasteiger partial charge on any atom is -0.493 e. The summed E-state index contributed by atoms with van der Waals surface area (Å²) in [6.45, 7) is 2.17. The zero-order chi connectivity index (χ0) is 26.5. The Labute approximate surface area is 212 Å². The Morgan fingerprint density at radius 2 is 1.62 bits per heavy atom. The lowest BCUT2D eigenvalue weighted by atomic mass is 10.1. The molecule has 37 heavy (non-hydrogen) atoms. The largest absolute Gasteiger partial charge is 0.493 e. The average molecular weight is 501 g/mol. The molecule has 1 fully saturated rings. The van der Waals surface area contributed by atoms with Crippen molar-refractivity contribution in [2.24, 2.45) is 0 Å². The van der Waals surface area contributed by atoms with Gasteiger partial charge in [-0.3, -0.25) is 14.9 Å². The van der Waals surface area contributed by atoms with E-state index >= 15 is 0 Å². The molecule has 0 unspecified atom stereocenters. The lowest BCUT2D eigenvalue weighted by Gasteiger charge is -2.26. The van der Waals surface area contributed by atoms with Crippen LogP contribution in [0.25, 0.3) is 6.08 Å². The van der Waals surface area contributed by atoms with Crippen LogP contribution in [0.5, 0.6) is 11.5 Å². The number of urea groups is 1. The van der Waals surface area contributed by atoms with Crippen molar-refractivity contribution in [3.05, 3.63) is 94.6 Å². The third-order valence-electron chi connectivity index (χ3n) is 5.80. The number of hydrogen-bond acceptors (Lipinski definition) is 6. The van der Waals surface area contributed by atoms with Crippen LogP contribution in [0.1, 0.15) is 34.0 Å². The van der Waals surface area contributed by atoms with Crippen LogP contribution in [0, 0.1) is 0 Å². The maximum absolute atomic E-state index is 13.1. The van der Waals surface area contributed by atoms with E-state index < -0.39 is 23.8 Å². The molecule has 9 nitrogen and oxygen atoms in total. The molecule has 0 aromatic heterocycles. The molecule has 3 aromatic rings. The number of benzene rings is 3.